The lowest BCUT2D eigenvalue weighted by Crippen LogP contribution is -1.92. The molecule has 1 aliphatic heterocycles. The van der Waals surface area contributed by atoms with Crippen LogP contribution in [-0.4, -0.2) is 6.79 Å². The Hall–Kier alpha value is -1.25. The molecule has 1 heterocycles. The fourth-order valence-electron chi connectivity index (χ4n) is 1.23. The van der Waals surface area contributed by atoms with E-state index in [-0.39, 0.29) is 12.6 Å². The van der Waals surface area contributed by atoms with Gasteiger partial charge in [0.05, 0.1) is 0 Å². The quantitative estimate of drug-likeness (QED) is 0.639. The average molecular weight is 168 g/mol. The van der Waals surface area contributed by atoms with Gasteiger partial charge < -0.3 is 9.47 Å². The molecule has 64 valence electrons. The van der Waals surface area contributed by atoms with E-state index in [1.165, 1.54) is 6.07 Å². The second-order valence-corrected chi connectivity index (χ2v) is 2.65. The Morgan fingerprint density at radius 1 is 1.33 bits per heavy atom. The second-order valence-electron chi connectivity index (χ2n) is 2.65. The normalized spacial score (nSPS) is 13.5. The Balaban J connectivity index is 2.49. The molecule has 1 aromatic carbocycles. The molecule has 2 rings (SSSR count). The van der Waals surface area contributed by atoms with Crippen LogP contribution in [0.25, 0.3) is 0 Å². The minimum absolute atomic E-state index is 0.196. The zero-order chi connectivity index (χ0) is 8.55. The molecule has 0 spiro atoms. The summed E-state index contributed by atoms with van der Waals surface area (Å²) in [5.74, 6) is 0.930. The maximum Gasteiger partial charge on any atom is 0.231 e. The summed E-state index contributed by atoms with van der Waals surface area (Å²) >= 11 is 0. The van der Waals surface area contributed by atoms with E-state index in [2.05, 4.69) is 0 Å². The fourth-order valence-corrected chi connectivity index (χ4v) is 1.23. The highest BCUT2D eigenvalue weighted by molar-refractivity contribution is 5.45. The van der Waals surface area contributed by atoms with Gasteiger partial charge in [0, 0.05) is 6.07 Å². The van der Waals surface area contributed by atoms with Gasteiger partial charge in [-0.1, -0.05) is 6.92 Å². The predicted molar refractivity (Wildman–Crippen MR) is 41.9 cm³/mol. The van der Waals surface area contributed by atoms with Crippen LogP contribution in [0.4, 0.5) is 4.39 Å². The van der Waals surface area contributed by atoms with E-state index in [0.29, 0.717) is 23.5 Å². The number of ether oxygens (including phenoxy) is 2. The standard InChI is InChI=1S/C9H9FO2/c1-2-6-3-8-9(4-7(6)10)12-5-11-8/h3-4H,2,5H2,1H3. The third-order valence-corrected chi connectivity index (χ3v) is 1.92. The summed E-state index contributed by atoms with van der Waals surface area (Å²) in [5.41, 5.74) is 0.666. The monoisotopic (exact) mass is 168 g/mol. The summed E-state index contributed by atoms with van der Waals surface area (Å²) in [6, 6.07) is 3.07. The lowest BCUT2D eigenvalue weighted by Gasteiger charge is -2.00. The molecule has 0 atom stereocenters. The molecule has 3 heteroatoms. The smallest absolute Gasteiger partial charge is 0.231 e. The number of fused-ring (bicyclic) bond motifs is 1. The molecule has 0 fully saturated rings. The molecule has 1 aromatic rings. The van der Waals surface area contributed by atoms with E-state index in [0.717, 1.165) is 0 Å². The van der Waals surface area contributed by atoms with Crippen molar-refractivity contribution in [2.24, 2.45) is 0 Å². The zero-order valence-electron chi connectivity index (χ0n) is 6.76. The summed E-state index contributed by atoms with van der Waals surface area (Å²) in [6.07, 6.45) is 0.669. The largest absolute Gasteiger partial charge is 0.454 e. The highest BCUT2D eigenvalue weighted by Gasteiger charge is 2.16. The second kappa shape index (κ2) is 2.66. The summed E-state index contributed by atoms with van der Waals surface area (Å²) in [5, 5.41) is 0. The van der Waals surface area contributed by atoms with Gasteiger partial charge in [-0.2, -0.15) is 0 Å². The first-order valence-electron chi connectivity index (χ1n) is 3.89. The van der Waals surface area contributed by atoms with E-state index in [1.54, 1.807) is 6.07 Å². The van der Waals surface area contributed by atoms with Crippen molar-refractivity contribution in [1.29, 1.82) is 0 Å². The van der Waals surface area contributed by atoms with Gasteiger partial charge in [0.2, 0.25) is 6.79 Å². The van der Waals surface area contributed by atoms with E-state index in [1.807, 2.05) is 6.92 Å². The van der Waals surface area contributed by atoms with Crippen molar-refractivity contribution in [1.82, 2.24) is 0 Å². The Bertz CT molecular complexity index is 309. The number of halogens is 1. The van der Waals surface area contributed by atoms with Gasteiger partial charge in [0.15, 0.2) is 11.5 Å². The SMILES string of the molecule is CCc1cc2c(cc1F)OCO2. The molecule has 0 saturated carbocycles. The van der Waals surface area contributed by atoms with Crippen molar-refractivity contribution in [2.45, 2.75) is 13.3 Å². The van der Waals surface area contributed by atoms with Gasteiger partial charge in [0.1, 0.15) is 5.82 Å². The van der Waals surface area contributed by atoms with Crippen molar-refractivity contribution in [3.8, 4) is 11.5 Å². The molecule has 2 nitrogen and oxygen atoms in total. The first-order chi connectivity index (χ1) is 5.81. The Labute approximate surface area is 69.9 Å². The Morgan fingerprint density at radius 3 is 2.67 bits per heavy atom. The zero-order valence-corrected chi connectivity index (χ0v) is 6.76. The molecule has 0 amide bonds. The molecule has 0 bridgehead atoms. The summed E-state index contributed by atoms with van der Waals surface area (Å²) < 4.78 is 23.2. The number of benzene rings is 1. The number of hydrogen-bond donors (Lipinski definition) is 0. The van der Waals surface area contributed by atoms with Gasteiger partial charge >= 0.3 is 0 Å². The minimum atomic E-state index is -0.221. The molecule has 0 saturated heterocycles. The minimum Gasteiger partial charge on any atom is -0.454 e. The summed E-state index contributed by atoms with van der Waals surface area (Å²) in [7, 11) is 0. The predicted octanol–water partition coefficient (Wildman–Crippen LogP) is 2.12. The van der Waals surface area contributed by atoms with Crippen molar-refractivity contribution in [3.05, 3.63) is 23.5 Å². The summed E-state index contributed by atoms with van der Waals surface area (Å²) in [6.45, 7) is 2.10. The highest BCUT2D eigenvalue weighted by Crippen LogP contribution is 2.34. The van der Waals surface area contributed by atoms with Crippen LogP contribution >= 0.6 is 0 Å². The van der Waals surface area contributed by atoms with Gasteiger partial charge in [-0.05, 0) is 18.1 Å². The number of rotatable bonds is 1. The molecular formula is C9H9FO2. The van der Waals surface area contributed by atoms with E-state index >= 15 is 0 Å². The molecule has 0 radical (unpaired) electrons. The molecule has 0 aliphatic carbocycles. The maximum absolute atomic E-state index is 13.1. The third-order valence-electron chi connectivity index (χ3n) is 1.92. The lowest BCUT2D eigenvalue weighted by atomic mass is 10.1. The Kier molecular flexibility index (Phi) is 1.64. The van der Waals surface area contributed by atoms with Crippen molar-refractivity contribution in [2.75, 3.05) is 6.79 Å². The van der Waals surface area contributed by atoms with Gasteiger partial charge in [0.25, 0.3) is 0 Å². The molecular weight excluding hydrogens is 159 g/mol. The van der Waals surface area contributed by atoms with Crippen LogP contribution in [0.15, 0.2) is 12.1 Å². The fraction of sp³-hybridized carbons (Fsp3) is 0.333. The van der Waals surface area contributed by atoms with Crippen LogP contribution in [0.5, 0.6) is 11.5 Å². The van der Waals surface area contributed by atoms with E-state index < -0.39 is 0 Å². The van der Waals surface area contributed by atoms with Gasteiger partial charge in [-0.25, -0.2) is 4.39 Å². The molecule has 0 unspecified atom stereocenters. The van der Waals surface area contributed by atoms with Crippen molar-refractivity contribution >= 4 is 0 Å². The van der Waals surface area contributed by atoms with Crippen LogP contribution in [0.1, 0.15) is 12.5 Å². The topological polar surface area (TPSA) is 18.5 Å². The number of hydrogen-bond acceptors (Lipinski definition) is 2. The first-order valence-corrected chi connectivity index (χ1v) is 3.89. The molecule has 12 heavy (non-hydrogen) atoms. The van der Waals surface area contributed by atoms with Gasteiger partial charge in [-0.3, -0.25) is 0 Å². The summed E-state index contributed by atoms with van der Waals surface area (Å²) in [4.78, 5) is 0. The lowest BCUT2D eigenvalue weighted by molar-refractivity contribution is 0.174. The van der Waals surface area contributed by atoms with Crippen LogP contribution in [0.2, 0.25) is 0 Å². The average Bonchev–Trinajstić information content (AvgIpc) is 2.49. The van der Waals surface area contributed by atoms with Crippen LogP contribution in [0, 0.1) is 5.82 Å². The van der Waals surface area contributed by atoms with Crippen LogP contribution in [-0.2, 0) is 6.42 Å². The van der Waals surface area contributed by atoms with Gasteiger partial charge in [-0.15, -0.1) is 0 Å². The van der Waals surface area contributed by atoms with E-state index in [4.69, 9.17) is 9.47 Å². The van der Waals surface area contributed by atoms with Crippen LogP contribution < -0.4 is 9.47 Å². The Morgan fingerprint density at radius 2 is 2.00 bits per heavy atom. The van der Waals surface area contributed by atoms with Crippen molar-refractivity contribution in [3.63, 3.8) is 0 Å². The molecule has 1 aliphatic rings. The first kappa shape index (κ1) is 7.40. The maximum atomic E-state index is 13.1. The molecule has 0 N–H and O–H groups in total. The third kappa shape index (κ3) is 1.02. The van der Waals surface area contributed by atoms with Crippen LogP contribution in [0.3, 0.4) is 0 Å². The van der Waals surface area contributed by atoms with E-state index in [9.17, 15) is 4.39 Å². The molecule has 0 aromatic heterocycles. The number of aryl methyl sites for hydroxylation is 1. The van der Waals surface area contributed by atoms with Crippen molar-refractivity contribution < 1.29 is 13.9 Å². The highest BCUT2D eigenvalue weighted by atomic mass is 19.1.